The van der Waals surface area contributed by atoms with Crippen molar-refractivity contribution in [2.45, 2.75) is 0 Å². The molecular formula is C57H52N4O2+2. The van der Waals surface area contributed by atoms with Gasteiger partial charge in [-0.2, -0.15) is 0 Å². The molecule has 0 N–H and O–H groups in total. The van der Waals surface area contributed by atoms with Gasteiger partial charge in [-0.3, -0.25) is 0 Å². The van der Waals surface area contributed by atoms with E-state index >= 15 is 0 Å². The zero-order valence-corrected chi connectivity index (χ0v) is 37.3. The summed E-state index contributed by atoms with van der Waals surface area (Å²) < 4.78 is 15.8. The van der Waals surface area contributed by atoms with Crippen molar-refractivity contribution in [1.82, 2.24) is 0 Å². The van der Waals surface area contributed by atoms with Crippen molar-refractivity contribution in [2.24, 2.45) is 0 Å². The third kappa shape index (κ3) is 9.57. The molecule has 0 amide bonds. The van der Waals surface area contributed by atoms with Crippen molar-refractivity contribution in [3.05, 3.63) is 213 Å². The van der Waals surface area contributed by atoms with Crippen molar-refractivity contribution in [2.75, 3.05) is 73.0 Å². The van der Waals surface area contributed by atoms with Crippen molar-refractivity contribution < 1.29 is 18.6 Å². The topological polar surface area (TPSA) is 31.0 Å². The zero-order chi connectivity index (χ0) is 44.0. The quantitative estimate of drug-likeness (QED) is 0.126. The molecule has 0 aromatic heterocycles. The first-order chi connectivity index (χ1) is 30.5. The molecule has 6 nitrogen and oxygen atoms in total. The Morgan fingerprint density at radius 2 is 0.746 bits per heavy atom. The molecule has 0 spiro atoms. The van der Waals surface area contributed by atoms with E-state index in [0.717, 1.165) is 89.6 Å². The Bertz CT molecular complexity index is 2710. The number of ether oxygens (including phenoxy) is 2. The van der Waals surface area contributed by atoms with Crippen LogP contribution in [0.25, 0.3) is 11.1 Å². The number of rotatable bonds is 6. The highest BCUT2D eigenvalue weighted by Gasteiger charge is 2.18. The van der Waals surface area contributed by atoms with Crippen molar-refractivity contribution >= 4 is 33.9 Å². The Morgan fingerprint density at radius 3 is 1.05 bits per heavy atom. The van der Waals surface area contributed by atoms with Gasteiger partial charge in [0.05, 0.1) is 0 Å². The van der Waals surface area contributed by atoms with Crippen molar-refractivity contribution in [3.8, 4) is 35.2 Å². The van der Waals surface area contributed by atoms with Gasteiger partial charge in [-0.15, -0.1) is 0 Å². The second-order valence-corrected chi connectivity index (χ2v) is 16.4. The first kappa shape index (κ1) is 41.9. The maximum atomic E-state index is 5.77. The summed E-state index contributed by atoms with van der Waals surface area (Å²) >= 11 is 0. The van der Waals surface area contributed by atoms with Crippen LogP contribution in [0, 0.1) is 23.7 Å². The van der Waals surface area contributed by atoms with Crippen LogP contribution in [0.5, 0.6) is 11.5 Å². The minimum absolute atomic E-state index is 0.172. The monoisotopic (exact) mass is 824 g/mol. The van der Waals surface area contributed by atoms with Crippen molar-refractivity contribution in [1.29, 1.82) is 0 Å². The highest BCUT2D eigenvalue weighted by atomic mass is 16.7. The summed E-state index contributed by atoms with van der Waals surface area (Å²) in [4.78, 5) is 4.23. The first-order valence-corrected chi connectivity index (χ1v) is 21.0. The van der Waals surface area contributed by atoms with Gasteiger partial charge in [-0.1, -0.05) is 72.2 Å². The summed E-state index contributed by atoms with van der Waals surface area (Å²) in [6.07, 6.45) is 17.4. The van der Waals surface area contributed by atoms with Crippen LogP contribution in [-0.4, -0.2) is 83.7 Å². The van der Waals surface area contributed by atoms with Crippen LogP contribution < -0.4 is 19.3 Å². The SMILES string of the molecule is CN(C)c1ccc(C(=C2C=CC(=[N+](C)C)C=C2)c2ccc(C#Cc3cc4c(cc3C#Cc3ccc(C(=C5C=CC(=[N+](C)C)C=C5)c5ccc(N(C)C)cc5)cc3)OCO4)cc2)cc1. The normalized spacial score (nSPS) is 13.3. The summed E-state index contributed by atoms with van der Waals surface area (Å²) in [5.41, 5.74) is 17.2. The number of nitrogens with zero attached hydrogens (tertiary/aromatic N) is 4. The van der Waals surface area contributed by atoms with E-state index < -0.39 is 0 Å². The maximum absolute atomic E-state index is 5.77. The first-order valence-electron chi connectivity index (χ1n) is 21.0. The van der Waals surface area contributed by atoms with Crippen LogP contribution >= 0.6 is 0 Å². The molecule has 0 radical (unpaired) electrons. The second kappa shape index (κ2) is 18.4. The van der Waals surface area contributed by atoms with Gasteiger partial charge in [0.2, 0.25) is 6.79 Å². The van der Waals surface area contributed by atoms with E-state index in [1.54, 1.807) is 0 Å². The van der Waals surface area contributed by atoms with Gasteiger partial charge in [-0.25, -0.2) is 9.15 Å². The predicted molar refractivity (Wildman–Crippen MR) is 262 cm³/mol. The molecular weight excluding hydrogens is 773 g/mol. The second-order valence-electron chi connectivity index (χ2n) is 16.4. The molecule has 0 fully saturated rings. The maximum Gasteiger partial charge on any atom is 0.231 e. The van der Waals surface area contributed by atoms with E-state index in [0.29, 0.717) is 11.5 Å². The summed E-state index contributed by atoms with van der Waals surface area (Å²) in [5.74, 6) is 15.0. The number of allylic oxidation sites excluding steroid dienone is 10. The molecule has 5 aromatic carbocycles. The number of fused-ring (bicyclic) bond motifs is 1. The summed E-state index contributed by atoms with van der Waals surface area (Å²) in [6, 6.07) is 38.3. The van der Waals surface area contributed by atoms with E-state index in [1.165, 1.54) is 0 Å². The summed E-state index contributed by atoms with van der Waals surface area (Å²) in [5, 5.41) is 0. The third-order valence-corrected chi connectivity index (χ3v) is 11.2. The van der Waals surface area contributed by atoms with E-state index in [4.69, 9.17) is 9.47 Å². The largest absolute Gasteiger partial charge is 0.454 e. The fourth-order valence-electron chi connectivity index (χ4n) is 7.57. The van der Waals surface area contributed by atoms with Gasteiger partial charge in [0, 0.05) is 98.3 Å². The molecule has 2 aliphatic carbocycles. The molecule has 0 bridgehead atoms. The highest BCUT2D eigenvalue weighted by molar-refractivity contribution is 6.04. The lowest BCUT2D eigenvalue weighted by atomic mass is 9.90. The number of anilines is 2. The Balaban J connectivity index is 1.09. The lowest BCUT2D eigenvalue weighted by Gasteiger charge is -2.16. The van der Waals surface area contributed by atoms with Crippen LogP contribution in [0.2, 0.25) is 0 Å². The van der Waals surface area contributed by atoms with Gasteiger partial charge >= 0.3 is 0 Å². The number of hydrogen-bond donors (Lipinski definition) is 0. The lowest BCUT2D eigenvalue weighted by molar-refractivity contribution is -0.462. The van der Waals surface area contributed by atoms with Crippen molar-refractivity contribution in [3.63, 3.8) is 0 Å². The van der Waals surface area contributed by atoms with Gasteiger partial charge in [0.15, 0.2) is 22.9 Å². The van der Waals surface area contributed by atoms with Crippen LogP contribution in [0.15, 0.2) is 169 Å². The standard InChI is InChI=1S/C57H52N4O2/c1-58(2)50-29-21-44(22-30-50)56(45-23-31-51(32-24-45)59(3)4)42-15-9-40(10-16-42)13-19-48-37-54-55(63-39-62-54)38-49(48)20-14-41-11-17-43(18-12-41)57(46-25-33-52(34-26-46)60(5)6)47-27-35-53(36-28-47)61(7)8/h9-12,15-18,21-38H,39H2,1-8H3/q+2. The molecule has 0 atom stereocenters. The van der Waals surface area contributed by atoms with Crippen LogP contribution in [0.3, 0.4) is 0 Å². The highest BCUT2D eigenvalue weighted by Crippen LogP contribution is 2.36. The number of benzene rings is 5. The average Bonchev–Trinajstić information content (AvgIpc) is 3.76. The molecule has 3 aliphatic rings. The van der Waals surface area contributed by atoms with Gasteiger partial charge < -0.3 is 19.3 Å². The molecule has 0 saturated heterocycles. The Labute approximate surface area is 372 Å². The predicted octanol–water partition coefficient (Wildman–Crippen LogP) is 9.63. The smallest absolute Gasteiger partial charge is 0.231 e. The Kier molecular flexibility index (Phi) is 12.3. The van der Waals surface area contributed by atoms with Crippen LogP contribution in [0.1, 0.15) is 44.5 Å². The average molecular weight is 825 g/mol. The minimum Gasteiger partial charge on any atom is -0.454 e. The van der Waals surface area contributed by atoms with Crippen LogP contribution in [0.4, 0.5) is 11.4 Å². The molecule has 5 aromatic rings. The molecule has 8 rings (SSSR count). The zero-order valence-electron chi connectivity index (χ0n) is 37.3. The Morgan fingerprint density at radius 1 is 0.429 bits per heavy atom. The Hall–Kier alpha value is -7.80. The third-order valence-electron chi connectivity index (χ3n) is 11.2. The molecule has 1 aliphatic heterocycles. The fourth-order valence-corrected chi connectivity index (χ4v) is 7.57. The van der Waals surface area contributed by atoms with E-state index in [9.17, 15) is 0 Å². The van der Waals surface area contributed by atoms with E-state index in [2.05, 4.69) is 245 Å². The molecule has 0 saturated carbocycles. The van der Waals surface area contributed by atoms with Gasteiger partial charge in [-0.05, 0) is 117 Å². The lowest BCUT2D eigenvalue weighted by Crippen LogP contribution is -2.10. The molecule has 63 heavy (non-hydrogen) atoms. The van der Waals surface area contributed by atoms with Gasteiger partial charge in [0.1, 0.15) is 28.2 Å². The molecule has 1 heterocycles. The fraction of sp³-hybridized carbons (Fsp3) is 0.158. The molecule has 310 valence electrons. The summed E-state index contributed by atoms with van der Waals surface area (Å²) in [6.45, 7) is 0.172. The number of hydrogen-bond acceptors (Lipinski definition) is 4. The van der Waals surface area contributed by atoms with Crippen LogP contribution in [-0.2, 0) is 0 Å². The van der Waals surface area contributed by atoms with E-state index in [-0.39, 0.29) is 6.79 Å². The van der Waals surface area contributed by atoms with Gasteiger partial charge in [0.25, 0.3) is 0 Å². The molecule has 0 unspecified atom stereocenters. The minimum atomic E-state index is 0.172. The molecule has 6 heteroatoms. The van der Waals surface area contributed by atoms with E-state index in [1.807, 2.05) is 12.1 Å². The summed E-state index contributed by atoms with van der Waals surface area (Å²) in [7, 11) is 16.5.